The number of thiophene rings is 1. The molecule has 2 unspecified atom stereocenters. The first-order chi connectivity index (χ1) is 9.56. The molecule has 0 fully saturated rings. The predicted octanol–water partition coefficient (Wildman–Crippen LogP) is 3.79. The van der Waals surface area contributed by atoms with E-state index in [1.54, 1.807) is 36.6 Å². The zero-order valence-electron chi connectivity index (χ0n) is 10.8. The molecule has 0 amide bonds. The first-order valence-corrected chi connectivity index (χ1v) is 8.36. The Bertz CT molecular complexity index is 590. The van der Waals surface area contributed by atoms with E-state index < -0.39 is 6.10 Å². The Labute approximate surface area is 140 Å². The molecule has 0 saturated heterocycles. The molecule has 1 heterocycles. The molecule has 3 N–H and O–H groups in total. The van der Waals surface area contributed by atoms with Gasteiger partial charge in [-0.15, -0.1) is 11.3 Å². The molecule has 0 bridgehead atoms. The van der Waals surface area contributed by atoms with Crippen LogP contribution >= 0.6 is 45.5 Å². The van der Waals surface area contributed by atoms with E-state index in [1.807, 2.05) is 11.4 Å². The highest BCUT2D eigenvalue weighted by Crippen LogP contribution is 2.38. The number of aliphatic hydroxyl groups excluding tert-OH is 1. The summed E-state index contributed by atoms with van der Waals surface area (Å²) in [5, 5.41) is 13.1. The van der Waals surface area contributed by atoms with Crippen LogP contribution in [0.5, 0.6) is 5.75 Å². The maximum Gasteiger partial charge on any atom is 0.122 e. The van der Waals surface area contributed by atoms with E-state index in [1.165, 1.54) is 0 Å². The number of aliphatic hydroxyl groups is 1. The molecule has 1 aromatic carbocycles. The van der Waals surface area contributed by atoms with Gasteiger partial charge in [-0.05, 0) is 57.8 Å². The summed E-state index contributed by atoms with van der Waals surface area (Å²) in [4.78, 5) is 0. The number of methoxy groups -OCH3 is 1. The molecule has 0 saturated carbocycles. The standard InChI is InChI=1S/C14H15ClINO2S/c1-19-12-3-2-9(15)5-10(12)11(6-17)14(18)8-4-13(16)20-7-8/h2-5,7,11,14,18H,6,17H2,1H3. The zero-order valence-corrected chi connectivity index (χ0v) is 14.6. The third-order valence-corrected chi connectivity index (χ3v) is 5.20. The summed E-state index contributed by atoms with van der Waals surface area (Å²) >= 11 is 9.88. The molecule has 0 aliphatic rings. The maximum absolute atomic E-state index is 10.6. The minimum Gasteiger partial charge on any atom is -0.496 e. The molecule has 3 nitrogen and oxygen atoms in total. The molecule has 108 valence electrons. The van der Waals surface area contributed by atoms with Crippen LogP contribution in [-0.4, -0.2) is 18.8 Å². The van der Waals surface area contributed by atoms with Gasteiger partial charge in [0.15, 0.2) is 0 Å². The van der Waals surface area contributed by atoms with Crippen molar-refractivity contribution in [1.82, 2.24) is 0 Å². The molecule has 0 aliphatic carbocycles. The van der Waals surface area contributed by atoms with E-state index in [4.69, 9.17) is 22.1 Å². The number of benzene rings is 1. The van der Waals surface area contributed by atoms with Crippen molar-refractivity contribution in [1.29, 1.82) is 0 Å². The van der Waals surface area contributed by atoms with E-state index in [9.17, 15) is 5.11 Å². The average molecular weight is 424 g/mol. The number of hydrogen-bond donors (Lipinski definition) is 2. The van der Waals surface area contributed by atoms with Gasteiger partial charge < -0.3 is 15.6 Å². The van der Waals surface area contributed by atoms with Gasteiger partial charge >= 0.3 is 0 Å². The van der Waals surface area contributed by atoms with Crippen LogP contribution in [0.4, 0.5) is 0 Å². The Morgan fingerprint density at radius 2 is 2.20 bits per heavy atom. The lowest BCUT2D eigenvalue weighted by molar-refractivity contribution is 0.146. The van der Waals surface area contributed by atoms with Crippen molar-refractivity contribution < 1.29 is 9.84 Å². The Kier molecular flexibility index (Phi) is 5.68. The first-order valence-electron chi connectivity index (χ1n) is 6.02. The van der Waals surface area contributed by atoms with Crippen LogP contribution in [0.15, 0.2) is 29.6 Å². The number of hydrogen-bond acceptors (Lipinski definition) is 4. The molecule has 0 aliphatic heterocycles. The molecule has 0 radical (unpaired) electrons. The van der Waals surface area contributed by atoms with Crippen LogP contribution in [0.25, 0.3) is 0 Å². The number of nitrogens with two attached hydrogens (primary N) is 1. The summed E-state index contributed by atoms with van der Waals surface area (Å²) in [6.45, 7) is 0.310. The predicted molar refractivity (Wildman–Crippen MR) is 91.8 cm³/mol. The highest BCUT2D eigenvalue weighted by atomic mass is 127. The van der Waals surface area contributed by atoms with Crippen molar-refractivity contribution >= 4 is 45.5 Å². The van der Waals surface area contributed by atoms with E-state index >= 15 is 0 Å². The van der Waals surface area contributed by atoms with Crippen LogP contribution in [0.3, 0.4) is 0 Å². The topological polar surface area (TPSA) is 55.5 Å². The van der Waals surface area contributed by atoms with Gasteiger partial charge in [-0.25, -0.2) is 0 Å². The number of ether oxygens (including phenoxy) is 1. The van der Waals surface area contributed by atoms with Gasteiger partial charge in [0.05, 0.1) is 16.1 Å². The smallest absolute Gasteiger partial charge is 0.122 e. The fraction of sp³-hybridized carbons (Fsp3) is 0.286. The fourth-order valence-electron chi connectivity index (χ4n) is 2.13. The van der Waals surface area contributed by atoms with Crippen molar-refractivity contribution in [2.24, 2.45) is 5.73 Å². The van der Waals surface area contributed by atoms with Crippen molar-refractivity contribution in [2.75, 3.05) is 13.7 Å². The van der Waals surface area contributed by atoms with Gasteiger partial charge in [-0.1, -0.05) is 11.6 Å². The van der Waals surface area contributed by atoms with E-state index in [0.29, 0.717) is 17.3 Å². The third kappa shape index (κ3) is 3.46. The molecular weight excluding hydrogens is 409 g/mol. The Morgan fingerprint density at radius 1 is 1.45 bits per heavy atom. The quantitative estimate of drug-likeness (QED) is 0.720. The molecule has 2 rings (SSSR count). The molecule has 2 atom stereocenters. The summed E-state index contributed by atoms with van der Waals surface area (Å²) in [6, 6.07) is 7.33. The second kappa shape index (κ2) is 7.09. The second-order valence-electron chi connectivity index (χ2n) is 4.36. The Hall–Kier alpha value is -0.340. The monoisotopic (exact) mass is 423 g/mol. The number of rotatable bonds is 5. The van der Waals surface area contributed by atoms with Gasteiger partial charge in [-0.2, -0.15) is 0 Å². The first kappa shape index (κ1) is 16.0. The highest BCUT2D eigenvalue weighted by Gasteiger charge is 2.25. The molecule has 2 aromatic rings. The summed E-state index contributed by atoms with van der Waals surface area (Å²) in [5.74, 6) is 0.433. The van der Waals surface area contributed by atoms with Gasteiger partial charge in [0.1, 0.15) is 5.75 Å². The van der Waals surface area contributed by atoms with Crippen LogP contribution in [0.2, 0.25) is 5.02 Å². The minimum atomic E-state index is -0.674. The van der Waals surface area contributed by atoms with Gasteiger partial charge in [-0.3, -0.25) is 0 Å². The third-order valence-electron chi connectivity index (χ3n) is 3.16. The van der Waals surface area contributed by atoms with Crippen molar-refractivity contribution in [2.45, 2.75) is 12.0 Å². The summed E-state index contributed by atoms with van der Waals surface area (Å²) in [7, 11) is 1.60. The highest BCUT2D eigenvalue weighted by molar-refractivity contribution is 14.1. The normalized spacial score (nSPS) is 14.1. The largest absolute Gasteiger partial charge is 0.496 e. The van der Waals surface area contributed by atoms with Crippen molar-refractivity contribution in [3.63, 3.8) is 0 Å². The summed E-state index contributed by atoms with van der Waals surface area (Å²) in [5.41, 5.74) is 7.57. The van der Waals surface area contributed by atoms with Crippen molar-refractivity contribution in [3.8, 4) is 5.75 Å². The zero-order chi connectivity index (χ0) is 14.7. The van der Waals surface area contributed by atoms with Gasteiger partial charge in [0.2, 0.25) is 0 Å². The molecule has 0 spiro atoms. The van der Waals surface area contributed by atoms with Gasteiger partial charge in [0.25, 0.3) is 0 Å². The molecular formula is C14H15ClINO2S. The Morgan fingerprint density at radius 3 is 2.75 bits per heavy atom. The molecule has 6 heteroatoms. The SMILES string of the molecule is COc1ccc(Cl)cc1C(CN)C(O)c1csc(I)c1. The Balaban J connectivity index is 2.39. The van der Waals surface area contributed by atoms with Crippen molar-refractivity contribution in [3.05, 3.63) is 48.7 Å². The van der Waals surface area contributed by atoms with Crippen LogP contribution in [0, 0.1) is 2.88 Å². The van der Waals surface area contributed by atoms with Crippen LogP contribution in [-0.2, 0) is 0 Å². The van der Waals surface area contributed by atoms with E-state index in [-0.39, 0.29) is 5.92 Å². The molecule has 1 aromatic heterocycles. The lowest BCUT2D eigenvalue weighted by Crippen LogP contribution is -2.20. The second-order valence-corrected chi connectivity index (χ2v) is 7.60. The fourth-order valence-corrected chi connectivity index (χ4v) is 3.71. The average Bonchev–Trinajstić information content (AvgIpc) is 2.86. The van der Waals surface area contributed by atoms with Gasteiger partial charge in [0, 0.05) is 23.0 Å². The lowest BCUT2D eigenvalue weighted by Gasteiger charge is -2.23. The minimum absolute atomic E-state index is 0.256. The summed E-state index contributed by atoms with van der Waals surface area (Å²) < 4.78 is 6.48. The number of halogens is 2. The maximum atomic E-state index is 10.6. The van der Waals surface area contributed by atoms with E-state index in [2.05, 4.69) is 22.6 Å². The lowest BCUT2D eigenvalue weighted by atomic mass is 9.89. The van der Waals surface area contributed by atoms with E-state index in [0.717, 1.165) is 14.0 Å². The summed E-state index contributed by atoms with van der Waals surface area (Å²) in [6.07, 6.45) is -0.674. The molecule has 20 heavy (non-hydrogen) atoms. The van der Waals surface area contributed by atoms with Crippen LogP contribution in [0.1, 0.15) is 23.1 Å². The van der Waals surface area contributed by atoms with Crippen LogP contribution < -0.4 is 10.5 Å².